The molecule has 2 rings (SSSR count). The topological polar surface area (TPSA) is 97.3 Å². The number of hydrogen-bond acceptors (Lipinski definition) is 6. The number of nitrogens with one attached hydrogen (secondary N) is 1. The Kier molecular flexibility index (Phi) is 7.27. The van der Waals surface area contributed by atoms with E-state index in [0.29, 0.717) is 5.75 Å². The SMILES string of the molecule is CC(=O)N[C@@H]1[C@@H](Oc2ccccc2)O[C@H](CO)[C@@H](O)[C@@H]1O[Si](C)(C)C(C)(C)C. The number of ether oxygens (including phenoxy) is 2. The van der Waals surface area contributed by atoms with Gasteiger partial charge in [-0.1, -0.05) is 39.0 Å². The lowest BCUT2D eigenvalue weighted by Crippen LogP contribution is -2.68. The van der Waals surface area contributed by atoms with Crippen molar-refractivity contribution < 1.29 is 28.9 Å². The van der Waals surface area contributed by atoms with E-state index in [9.17, 15) is 15.0 Å². The molecule has 0 unspecified atom stereocenters. The zero-order valence-electron chi connectivity index (χ0n) is 17.5. The number of aliphatic hydroxyl groups excluding tert-OH is 2. The highest BCUT2D eigenvalue weighted by molar-refractivity contribution is 6.74. The summed E-state index contributed by atoms with van der Waals surface area (Å²) in [5.74, 6) is 0.274. The van der Waals surface area contributed by atoms with Crippen LogP contribution in [0, 0.1) is 0 Å². The third kappa shape index (κ3) is 5.33. The number of para-hydroxylation sites is 1. The van der Waals surface area contributed by atoms with Gasteiger partial charge in [-0.05, 0) is 30.3 Å². The van der Waals surface area contributed by atoms with E-state index in [2.05, 4.69) is 39.2 Å². The predicted molar refractivity (Wildman–Crippen MR) is 108 cm³/mol. The lowest BCUT2D eigenvalue weighted by atomic mass is 9.97. The number of amides is 1. The molecule has 1 aliphatic heterocycles. The Bertz CT molecular complexity index is 648. The fourth-order valence-electron chi connectivity index (χ4n) is 2.85. The summed E-state index contributed by atoms with van der Waals surface area (Å²) in [6.45, 7) is 11.4. The molecule has 1 aromatic rings. The minimum atomic E-state index is -2.29. The summed E-state index contributed by atoms with van der Waals surface area (Å²) < 4.78 is 18.2. The van der Waals surface area contributed by atoms with Crippen molar-refractivity contribution in [2.75, 3.05) is 6.61 Å². The zero-order valence-corrected chi connectivity index (χ0v) is 18.5. The molecular formula is C20H33NO6Si. The molecule has 28 heavy (non-hydrogen) atoms. The van der Waals surface area contributed by atoms with Crippen molar-refractivity contribution in [1.29, 1.82) is 0 Å². The molecule has 7 nitrogen and oxygen atoms in total. The van der Waals surface area contributed by atoms with Gasteiger partial charge in [-0.3, -0.25) is 4.79 Å². The summed E-state index contributed by atoms with van der Waals surface area (Å²) >= 11 is 0. The molecule has 5 atom stereocenters. The highest BCUT2D eigenvalue weighted by Crippen LogP contribution is 2.39. The average Bonchev–Trinajstić information content (AvgIpc) is 2.59. The van der Waals surface area contributed by atoms with E-state index in [1.807, 2.05) is 18.2 Å². The standard InChI is InChI=1S/C20H33NO6Si/c1-13(23)21-16-18(27-28(5,6)20(2,3)4)17(24)15(12-22)26-19(16)25-14-10-8-7-9-11-14/h7-11,15-19,22,24H,12H2,1-6H3,(H,21,23)/t15-,16+,17-,18-,19+/m1/s1. The van der Waals surface area contributed by atoms with Gasteiger partial charge < -0.3 is 29.4 Å². The molecule has 1 saturated heterocycles. The van der Waals surface area contributed by atoms with Crippen molar-refractivity contribution in [2.45, 2.75) is 76.5 Å². The van der Waals surface area contributed by atoms with Crippen LogP contribution in [0.3, 0.4) is 0 Å². The Hall–Kier alpha value is -1.45. The van der Waals surface area contributed by atoms with Gasteiger partial charge in [-0.15, -0.1) is 0 Å². The van der Waals surface area contributed by atoms with E-state index in [1.54, 1.807) is 12.1 Å². The normalized spacial score (nSPS) is 28.6. The number of carbonyl (C=O) groups is 1. The Morgan fingerprint density at radius 3 is 2.36 bits per heavy atom. The summed E-state index contributed by atoms with van der Waals surface area (Å²) in [5.41, 5.74) is 0. The highest BCUT2D eigenvalue weighted by atomic mass is 28.4. The molecule has 0 bridgehead atoms. The fraction of sp³-hybridized carbons (Fsp3) is 0.650. The van der Waals surface area contributed by atoms with E-state index >= 15 is 0 Å². The van der Waals surface area contributed by atoms with Gasteiger partial charge in [0.25, 0.3) is 0 Å². The number of rotatable bonds is 6. The highest BCUT2D eigenvalue weighted by Gasteiger charge is 2.51. The lowest BCUT2D eigenvalue weighted by molar-refractivity contribution is -0.241. The smallest absolute Gasteiger partial charge is 0.223 e. The summed E-state index contributed by atoms with van der Waals surface area (Å²) in [5, 5.41) is 23.3. The van der Waals surface area contributed by atoms with E-state index in [-0.39, 0.29) is 17.6 Å². The van der Waals surface area contributed by atoms with Gasteiger partial charge in [0.05, 0.1) is 12.7 Å². The van der Waals surface area contributed by atoms with Gasteiger partial charge in [0, 0.05) is 6.92 Å². The van der Waals surface area contributed by atoms with Crippen LogP contribution in [-0.2, 0) is 14.0 Å². The van der Waals surface area contributed by atoms with Gasteiger partial charge in [-0.25, -0.2) is 0 Å². The first-order chi connectivity index (χ1) is 13.0. The number of benzene rings is 1. The molecule has 0 saturated carbocycles. The molecule has 0 aromatic heterocycles. The molecule has 0 aliphatic carbocycles. The van der Waals surface area contributed by atoms with Gasteiger partial charge in [-0.2, -0.15) is 0 Å². The summed E-state index contributed by atoms with van der Waals surface area (Å²) in [7, 11) is -2.29. The van der Waals surface area contributed by atoms with Crippen LogP contribution in [-0.4, -0.2) is 61.7 Å². The molecule has 8 heteroatoms. The van der Waals surface area contributed by atoms with E-state index < -0.39 is 39.0 Å². The molecule has 1 heterocycles. The van der Waals surface area contributed by atoms with Crippen LogP contribution in [0.1, 0.15) is 27.7 Å². The van der Waals surface area contributed by atoms with Crippen LogP contribution in [0.4, 0.5) is 0 Å². The number of carbonyl (C=O) groups excluding carboxylic acids is 1. The number of aliphatic hydroxyl groups is 2. The molecule has 3 N–H and O–H groups in total. The minimum absolute atomic E-state index is 0.101. The predicted octanol–water partition coefficient (Wildman–Crippen LogP) is 2.04. The van der Waals surface area contributed by atoms with E-state index in [1.165, 1.54) is 6.92 Å². The van der Waals surface area contributed by atoms with Crippen molar-refractivity contribution in [3.8, 4) is 5.75 Å². The Morgan fingerprint density at radius 1 is 1.25 bits per heavy atom. The Labute approximate surface area is 168 Å². The summed E-state index contributed by atoms with van der Waals surface area (Å²) in [4.78, 5) is 11.9. The lowest BCUT2D eigenvalue weighted by Gasteiger charge is -2.48. The summed E-state index contributed by atoms with van der Waals surface area (Å²) in [6.07, 6.45) is -3.67. The largest absolute Gasteiger partial charge is 0.463 e. The molecule has 0 spiro atoms. The zero-order chi connectivity index (χ0) is 21.1. The van der Waals surface area contributed by atoms with Crippen LogP contribution in [0.5, 0.6) is 5.75 Å². The second-order valence-corrected chi connectivity index (χ2v) is 13.5. The van der Waals surface area contributed by atoms with Crippen LogP contribution in [0.25, 0.3) is 0 Å². The summed E-state index contributed by atoms with van der Waals surface area (Å²) in [6, 6.07) is 8.34. The maximum atomic E-state index is 11.9. The number of hydrogen-bond donors (Lipinski definition) is 3. The molecule has 158 valence electrons. The van der Waals surface area contributed by atoms with Crippen LogP contribution in [0.2, 0.25) is 18.1 Å². The van der Waals surface area contributed by atoms with Crippen molar-refractivity contribution in [2.24, 2.45) is 0 Å². The fourth-order valence-corrected chi connectivity index (χ4v) is 4.17. The monoisotopic (exact) mass is 411 g/mol. The second kappa shape index (κ2) is 8.92. The van der Waals surface area contributed by atoms with Crippen molar-refractivity contribution in [3.05, 3.63) is 30.3 Å². The first-order valence-corrected chi connectivity index (χ1v) is 12.5. The van der Waals surface area contributed by atoms with Crippen molar-refractivity contribution >= 4 is 14.2 Å². The average molecular weight is 412 g/mol. The Balaban J connectivity index is 2.37. The van der Waals surface area contributed by atoms with Crippen molar-refractivity contribution in [1.82, 2.24) is 5.32 Å². The van der Waals surface area contributed by atoms with Crippen LogP contribution < -0.4 is 10.1 Å². The van der Waals surface area contributed by atoms with Crippen LogP contribution >= 0.6 is 0 Å². The van der Waals surface area contributed by atoms with Crippen molar-refractivity contribution in [3.63, 3.8) is 0 Å². The maximum Gasteiger partial charge on any atom is 0.223 e. The third-order valence-electron chi connectivity index (χ3n) is 5.46. The molecular weight excluding hydrogens is 378 g/mol. The quantitative estimate of drug-likeness (QED) is 0.620. The van der Waals surface area contributed by atoms with Gasteiger partial charge >= 0.3 is 0 Å². The van der Waals surface area contributed by atoms with Crippen LogP contribution in [0.15, 0.2) is 30.3 Å². The van der Waals surface area contributed by atoms with E-state index in [0.717, 1.165) is 0 Å². The first kappa shape index (κ1) is 22.8. The van der Waals surface area contributed by atoms with E-state index in [4.69, 9.17) is 13.9 Å². The first-order valence-electron chi connectivity index (χ1n) is 9.57. The Morgan fingerprint density at radius 2 is 1.86 bits per heavy atom. The minimum Gasteiger partial charge on any atom is -0.463 e. The van der Waals surface area contributed by atoms with Gasteiger partial charge in [0.1, 0.15) is 24.0 Å². The van der Waals surface area contributed by atoms with Gasteiger partial charge in [0.15, 0.2) is 8.32 Å². The van der Waals surface area contributed by atoms with Gasteiger partial charge in [0.2, 0.25) is 12.2 Å². The molecule has 0 radical (unpaired) electrons. The maximum absolute atomic E-state index is 11.9. The second-order valence-electron chi connectivity index (χ2n) is 8.72. The third-order valence-corrected chi connectivity index (χ3v) is 9.93. The molecule has 1 fully saturated rings. The molecule has 1 aliphatic rings. The molecule has 1 amide bonds. The molecule has 1 aromatic carbocycles.